The fourth-order valence-electron chi connectivity index (χ4n) is 2.20. The fraction of sp³-hybridized carbons (Fsp3) is 0.818. The van der Waals surface area contributed by atoms with E-state index in [2.05, 4.69) is 6.07 Å². The van der Waals surface area contributed by atoms with Crippen LogP contribution in [0.15, 0.2) is 0 Å². The Morgan fingerprint density at radius 3 is 2.53 bits per heavy atom. The lowest BCUT2D eigenvalue weighted by atomic mass is 9.86. The van der Waals surface area contributed by atoms with E-state index in [4.69, 9.17) is 5.26 Å². The van der Waals surface area contributed by atoms with E-state index in [1.54, 1.807) is 0 Å². The van der Waals surface area contributed by atoms with E-state index in [0.717, 1.165) is 6.42 Å². The molecular weight excluding hydrogens is 192 g/mol. The quantitative estimate of drug-likeness (QED) is 0.746. The first-order valence-electron chi connectivity index (χ1n) is 5.22. The molecule has 0 aliphatic carbocycles. The zero-order valence-corrected chi connectivity index (χ0v) is 9.53. The summed E-state index contributed by atoms with van der Waals surface area (Å²) in [7, 11) is 0. The van der Waals surface area contributed by atoms with Crippen molar-refractivity contribution in [2.24, 2.45) is 11.3 Å². The number of hydrogen-bond donors (Lipinski definition) is 1. The van der Waals surface area contributed by atoms with E-state index in [9.17, 15) is 9.90 Å². The van der Waals surface area contributed by atoms with E-state index in [1.165, 1.54) is 0 Å². The summed E-state index contributed by atoms with van der Waals surface area (Å²) in [5.74, 6) is -0.796. The largest absolute Gasteiger partial charge is 0.480 e. The van der Waals surface area contributed by atoms with Crippen LogP contribution >= 0.6 is 0 Å². The summed E-state index contributed by atoms with van der Waals surface area (Å²) < 4.78 is 0. The summed E-state index contributed by atoms with van der Waals surface area (Å²) in [6.45, 7) is 7.07. The van der Waals surface area contributed by atoms with Gasteiger partial charge < -0.3 is 5.11 Å². The third-order valence-corrected chi connectivity index (χ3v) is 2.82. The van der Waals surface area contributed by atoms with Gasteiger partial charge in [0.1, 0.15) is 6.04 Å². The third kappa shape index (κ3) is 2.69. The van der Waals surface area contributed by atoms with Gasteiger partial charge in [-0.05, 0) is 11.8 Å². The SMILES string of the molecule is CC(C)(C)C(C(=O)O)N1CCC(C#N)C1. The molecule has 1 N–H and O–H groups in total. The van der Waals surface area contributed by atoms with Gasteiger partial charge in [-0.15, -0.1) is 0 Å². The Kier molecular flexibility index (Phi) is 3.35. The molecular formula is C11H18N2O2. The average Bonchev–Trinajstić information content (AvgIpc) is 2.49. The molecule has 15 heavy (non-hydrogen) atoms. The Hall–Kier alpha value is -1.08. The average molecular weight is 210 g/mol. The normalized spacial score (nSPS) is 24.8. The lowest BCUT2D eigenvalue weighted by Gasteiger charge is -2.34. The van der Waals surface area contributed by atoms with Crippen molar-refractivity contribution in [1.29, 1.82) is 5.26 Å². The second-order valence-electron chi connectivity index (χ2n) is 5.22. The molecule has 1 rings (SSSR count). The van der Waals surface area contributed by atoms with Gasteiger partial charge in [0.25, 0.3) is 0 Å². The summed E-state index contributed by atoms with van der Waals surface area (Å²) in [6, 6.07) is 1.71. The lowest BCUT2D eigenvalue weighted by Crippen LogP contribution is -2.48. The number of rotatable bonds is 2. The maximum absolute atomic E-state index is 11.2. The third-order valence-electron chi connectivity index (χ3n) is 2.82. The monoisotopic (exact) mass is 210 g/mol. The zero-order valence-electron chi connectivity index (χ0n) is 9.53. The maximum Gasteiger partial charge on any atom is 0.321 e. The molecule has 0 aromatic carbocycles. The Bertz CT molecular complexity index is 288. The minimum absolute atomic E-state index is 0.00537. The number of hydrogen-bond acceptors (Lipinski definition) is 3. The fourth-order valence-corrected chi connectivity index (χ4v) is 2.20. The standard InChI is InChI=1S/C11H18N2O2/c1-11(2,3)9(10(14)15)13-5-4-8(6-12)7-13/h8-9H,4-5,7H2,1-3H3,(H,14,15). The predicted octanol–water partition coefficient (Wildman–Crippen LogP) is 1.33. The molecule has 0 saturated carbocycles. The molecule has 1 aliphatic heterocycles. The molecule has 84 valence electrons. The summed E-state index contributed by atoms with van der Waals surface area (Å²) in [5.41, 5.74) is -0.295. The van der Waals surface area contributed by atoms with Crippen molar-refractivity contribution in [2.45, 2.75) is 33.2 Å². The Morgan fingerprint density at radius 1 is 1.60 bits per heavy atom. The minimum Gasteiger partial charge on any atom is -0.480 e. The van der Waals surface area contributed by atoms with Gasteiger partial charge in [-0.1, -0.05) is 20.8 Å². The van der Waals surface area contributed by atoms with Gasteiger partial charge in [-0.3, -0.25) is 9.69 Å². The summed E-state index contributed by atoms with van der Waals surface area (Å²) in [6.07, 6.45) is 0.788. The highest BCUT2D eigenvalue weighted by Gasteiger charge is 2.39. The van der Waals surface area contributed by atoms with Crippen LogP contribution in [-0.2, 0) is 4.79 Å². The van der Waals surface area contributed by atoms with Crippen molar-refractivity contribution in [3.8, 4) is 6.07 Å². The van der Waals surface area contributed by atoms with Gasteiger partial charge in [-0.25, -0.2) is 0 Å². The van der Waals surface area contributed by atoms with Crippen LogP contribution < -0.4 is 0 Å². The molecule has 2 atom stereocenters. The number of likely N-dealkylation sites (tertiary alicyclic amines) is 1. The molecule has 2 unspecified atom stereocenters. The molecule has 0 aromatic rings. The highest BCUT2D eigenvalue weighted by molar-refractivity contribution is 5.74. The number of carboxylic acid groups (broad SMARTS) is 1. The molecule has 0 bridgehead atoms. The van der Waals surface area contributed by atoms with Crippen LogP contribution in [0.4, 0.5) is 0 Å². The van der Waals surface area contributed by atoms with Crippen LogP contribution in [0.3, 0.4) is 0 Å². The Balaban J connectivity index is 2.76. The van der Waals surface area contributed by atoms with Crippen LogP contribution in [0, 0.1) is 22.7 Å². The van der Waals surface area contributed by atoms with Crippen LogP contribution in [-0.4, -0.2) is 35.1 Å². The topological polar surface area (TPSA) is 64.3 Å². The van der Waals surface area contributed by atoms with E-state index >= 15 is 0 Å². The second-order valence-corrected chi connectivity index (χ2v) is 5.22. The molecule has 4 nitrogen and oxygen atoms in total. The van der Waals surface area contributed by atoms with E-state index in [0.29, 0.717) is 13.1 Å². The first-order valence-corrected chi connectivity index (χ1v) is 5.22. The maximum atomic E-state index is 11.2. The number of carbonyl (C=O) groups is 1. The molecule has 1 aliphatic rings. The van der Waals surface area contributed by atoms with Crippen LogP contribution in [0.1, 0.15) is 27.2 Å². The number of aliphatic carboxylic acids is 1. The van der Waals surface area contributed by atoms with Crippen molar-refractivity contribution < 1.29 is 9.90 Å². The zero-order chi connectivity index (χ0) is 11.6. The van der Waals surface area contributed by atoms with Gasteiger partial charge in [0.2, 0.25) is 0 Å². The van der Waals surface area contributed by atoms with Gasteiger partial charge in [0, 0.05) is 13.1 Å². The van der Waals surface area contributed by atoms with Crippen molar-refractivity contribution in [2.75, 3.05) is 13.1 Å². The summed E-state index contributed by atoms with van der Waals surface area (Å²) >= 11 is 0. The summed E-state index contributed by atoms with van der Waals surface area (Å²) in [5, 5.41) is 18.0. The predicted molar refractivity (Wildman–Crippen MR) is 56.2 cm³/mol. The first-order chi connectivity index (χ1) is 6.86. The van der Waals surface area contributed by atoms with Crippen molar-refractivity contribution >= 4 is 5.97 Å². The molecule has 1 heterocycles. The van der Waals surface area contributed by atoms with Gasteiger partial charge >= 0.3 is 5.97 Å². The molecule has 0 radical (unpaired) electrons. The number of nitrogens with zero attached hydrogens (tertiary/aromatic N) is 2. The molecule has 0 spiro atoms. The van der Waals surface area contributed by atoms with Crippen molar-refractivity contribution in [3.05, 3.63) is 0 Å². The first kappa shape index (κ1) is 12.0. The van der Waals surface area contributed by atoms with Crippen molar-refractivity contribution in [1.82, 2.24) is 4.90 Å². The van der Waals surface area contributed by atoms with Gasteiger partial charge in [0.05, 0.1) is 12.0 Å². The highest BCUT2D eigenvalue weighted by Crippen LogP contribution is 2.29. The minimum atomic E-state index is -0.791. The van der Waals surface area contributed by atoms with Crippen molar-refractivity contribution in [3.63, 3.8) is 0 Å². The number of nitriles is 1. The van der Waals surface area contributed by atoms with Gasteiger partial charge in [-0.2, -0.15) is 5.26 Å². The second kappa shape index (κ2) is 4.19. The highest BCUT2D eigenvalue weighted by atomic mass is 16.4. The Morgan fingerprint density at radius 2 is 2.20 bits per heavy atom. The molecule has 1 saturated heterocycles. The Labute approximate surface area is 90.5 Å². The molecule has 0 amide bonds. The molecule has 4 heteroatoms. The van der Waals surface area contributed by atoms with Crippen LogP contribution in [0.2, 0.25) is 0 Å². The number of carboxylic acids is 1. The van der Waals surface area contributed by atoms with Crippen LogP contribution in [0.5, 0.6) is 0 Å². The van der Waals surface area contributed by atoms with Crippen LogP contribution in [0.25, 0.3) is 0 Å². The van der Waals surface area contributed by atoms with E-state index in [1.807, 2.05) is 25.7 Å². The van der Waals surface area contributed by atoms with E-state index in [-0.39, 0.29) is 11.3 Å². The van der Waals surface area contributed by atoms with E-state index < -0.39 is 12.0 Å². The summed E-state index contributed by atoms with van der Waals surface area (Å²) in [4.78, 5) is 13.1. The smallest absolute Gasteiger partial charge is 0.321 e. The molecule has 1 fully saturated rings. The molecule has 0 aromatic heterocycles. The lowest BCUT2D eigenvalue weighted by molar-refractivity contribution is -0.147. The van der Waals surface area contributed by atoms with Gasteiger partial charge in [0.15, 0.2) is 0 Å².